The van der Waals surface area contributed by atoms with Gasteiger partial charge in [-0.05, 0) is 29.0 Å². The van der Waals surface area contributed by atoms with E-state index < -0.39 is 0 Å². The van der Waals surface area contributed by atoms with E-state index in [1.165, 1.54) is 0 Å². The second-order valence-corrected chi connectivity index (χ2v) is 4.52. The summed E-state index contributed by atoms with van der Waals surface area (Å²) in [6.07, 6.45) is 0. The number of benzene rings is 1. The monoisotopic (exact) mass is 227 g/mol. The zero-order valence-electron chi connectivity index (χ0n) is 8.44. The maximum absolute atomic E-state index is 11.9. The normalized spacial score (nSPS) is 10.8. The summed E-state index contributed by atoms with van der Waals surface area (Å²) < 4.78 is 0. The smallest absolute Gasteiger partial charge is 0.257 e. The molecule has 0 aliphatic rings. The van der Waals surface area contributed by atoms with Crippen LogP contribution in [0.3, 0.4) is 0 Å². The SMILES string of the molecule is O=c1[nH]c2ccccc2cc1-c1cccs1. The molecule has 1 aromatic carbocycles. The van der Waals surface area contributed by atoms with Crippen molar-refractivity contribution >= 4 is 22.2 Å². The minimum Gasteiger partial charge on any atom is -0.321 e. The van der Waals surface area contributed by atoms with Gasteiger partial charge >= 0.3 is 0 Å². The quantitative estimate of drug-likeness (QED) is 0.680. The van der Waals surface area contributed by atoms with Crippen LogP contribution in [0, 0.1) is 0 Å². The highest BCUT2D eigenvalue weighted by Gasteiger charge is 2.05. The van der Waals surface area contributed by atoms with E-state index >= 15 is 0 Å². The molecular weight excluding hydrogens is 218 g/mol. The van der Waals surface area contributed by atoms with Gasteiger partial charge in [0.15, 0.2) is 0 Å². The Morgan fingerprint density at radius 3 is 2.75 bits per heavy atom. The molecule has 0 radical (unpaired) electrons. The molecule has 16 heavy (non-hydrogen) atoms. The van der Waals surface area contributed by atoms with E-state index in [9.17, 15) is 4.79 Å². The summed E-state index contributed by atoms with van der Waals surface area (Å²) >= 11 is 1.58. The lowest BCUT2D eigenvalue weighted by Gasteiger charge is -2.00. The Kier molecular flexibility index (Phi) is 2.11. The fraction of sp³-hybridized carbons (Fsp3) is 0. The van der Waals surface area contributed by atoms with Crippen molar-refractivity contribution < 1.29 is 0 Å². The van der Waals surface area contributed by atoms with Gasteiger partial charge in [-0.25, -0.2) is 0 Å². The molecule has 0 aliphatic heterocycles. The Hall–Kier alpha value is -1.87. The van der Waals surface area contributed by atoms with Crippen molar-refractivity contribution in [2.75, 3.05) is 0 Å². The molecule has 0 saturated carbocycles. The van der Waals surface area contributed by atoms with Crippen LogP contribution in [0.4, 0.5) is 0 Å². The van der Waals surface area contributed by atoms with Crippen molar-refractivity contribution in [3.05, 3.63) is 58.2 Å². The molecule has 0 amide bonds. The largest absolute Gasteiger partial charge is 0.321 e. The van der Waals surface area contributed by atoms with Gasteiger partial charge in [0.2, 0.25) is 0 Å². The molecule has 2 nitrogen and oxygen atoms in total. The van der Waals surface area contributed by atoms with Crippen molar-refractivity contribution in [2.45, 2.75) is 0 Å². The fourth-order valence-electron chi connectivity index (χ4n) is 1.76. The average molecular weight is 227 g/mol. The lowest BCUT2D eigenvalue weighted by Crippen LogP contribution is -2.07. The summed E-state index contributed by atoms with van der Waals surface area (Å²) in [4.78, 5) is 15.8. The number of aromatic amines is 1. The minimum absolute atomic E-state index is 0.0267. The Labute approximate surface area is 96.2 Å². The number of hydrogen-bond donors (Lipinski definition) is 1. The first-order valence-electron chi connectivity index (χ1n) is 5.00. The van der Waals surface area contributed by atoms with Gasteiger partial charge in [0.1, 0.15) is 0 Å². The summed E-state index contributed by atoms with van der Waals surface area (Å²) in [5.41, 5.74) is 1.60. The molecule has 0 saturated heterocycles. The van der Waals surface area contributed by atoms with Crippen LogP contribution in [-0.4, -0.2) is 4.98 Å². The maximum Gasteiger partial charge on any atom is 0.257 e. The van der Waals surface area contributed by atoms with Crippen molar-refractivity contribution in [3.8, 4) is 10.4 Å². The Morgan fingerprint density at radius 1 is 1.06 bits per heavy atom. The highest BCUT2D eigenvalue weighted by Crippen LogP contribution is 2.23. The van der Waals surface area contributed by atoms with E-state index in [1.54, 1.807) is 11.3 Å². The van der Waals surface area contributed by atoms with Gasteiger partial charge in [0, 0.05) is 10.4 Å². The molecule has 0 atom stereocenters. The first kappa shape index (κ1) is 9.36. The molecule has 3 aromatic rings. The third-order valence-electron chi connectivity index (χ3n) is 2.54. The zero-order chi connectivity index (χ0) is 11.0. The van der Waals surface area contributed by atoms with Crippen LogP contribution >= 0.6 is 11.3 Å². The highest BCUT2D eigenvalue weighted by molar-refractivity contribution is 7.13. The van der Waals surface area contributed by atoms with Crippen LogP contribution in [0.15, 0.2) is 52.6 Å². The van der Waals surface area contributed by atoms with E-state index in [1.807, 2.05) is 47.8 Å². The summed E-state index contributed by atoms with van der Waals surface area (Å²) in [6.45, 7) is 0. The number of rotatable bonds is 1. The summed E-state index contributed by atoms with van der Waals surface area (Å²) in [5.74, 6) is 0. The van der Waals surface area contributed by atoms with Crippen molar-refractivity contribution in [2.24, 2.45) is 0 Å². The number of para-hydroxylation sites is 1. The van der Waals surface area contributed by atoms with Crippen LogP contribution < -0.4 is 5.56 Å². The van der Waals surface area contributed by atoms with E-state index in [0.29, 0.717) is 0 Å². The molecule has 78 valence electrons. The molecule has 3 heteroatoms. The van der Waals surface area contributed by atoms with Crippen molar-refractivity contribution in [1.29, 1.82) is 0 Å². The number of thiophene rings is 1. The number of nitrogens with one attached hydrogen (secondary N) is 1. The first-order valence-corrected chi connectivity index (χ1v) is 5.88. The van der Waals surface area contributed by atoms with Crippen LogP contribution in [0.25, 0.3) is 21.3 Å². The van der Waals surface area contributed by atoms with E-state index in [0.717, 1.165) is 21.3 Å². The molecule has 2 heterocycles. The molecular formula is C13H9NOS. The Balaban J connectivity index is 2.34. The lowest BCUT2D eigenvalue weighted by molar-refractivity contribution is 1.31. The van der Waals surface area contributed by atoms with Gasteiger partial charge in [-0.1, -0.05) is 24.3 Å². The minimum atomic E-state index is -0.0267. The van der Waals surface area contributed by atoms with Crippen LogP contribution in [0.5, 0.6) is 0 Å². The van der Waals surface area contributed by atoms with Gasteiger partial charge in [0.05, 0.1) is 5.56 Å². The summed E-state index contributed by atoms with van der Waals surface area (Å²) in [5, 5.41) is 3.04. The standard InChI is InChI=1S/C13H9NOS/c15-13-10(12-6-3-7-16-12)8-9-4-1-2-5-11(9)14-13/h1-8H,(H,14,15). The number of pyridine rings is 1. The topological polar surface area (TPSA) is 32.9 Å². The van der Waals surface area contributed by atoms with Gasteiger partial charge in [-0.15, -0.1) is 11.3 Å². The predicted molar refractivity (Wildman–Crippen MR) is 67.9 cm³/mol. The van der Waals surface area contributed by atoms with Crippen LogP contribution in [0.1, 0.15) is 0 Å². The predicted octanol–water partition coefficient (Wildman–Crippen LogP) is 3.26. The number of aromatic nitrogens is 1. The van der Waals surface area contributed by atoms with Crippen molar-refractivity contribution in [3.63, 3.8) is 0 Å². The van der Waals surface area contributed by atoms with Crippen molar-refractivity contribution in [1.82, 2.24) is 4.98 Å². The Bertz CT molecular complexity index is 682. The second kappa shape index (κ2) is 3.61. The molecule has 0 aliphatic carbocycles. The summed E-state index contributed by atoms with van der Waals surface area (Å²) in [7, 11) is 0. The van der Waals surface area contributed by atoms with Gasteiger partial charge in [0.25, 0.3) is 5.56 Å². The van der Waals surface area contributed by atoms with Gasteiger partial charge < -0.3 is 4.98 Å². The average Bonchev–Trinajstić information content (AvgIpc) is 2.81. The van der Waals surface area contributed by atoms with E-state index in [-0.39, 0.29) is 5.56 Å². The maximum atomic E-state index is 11.9. The molecule has 0 unspecified atom stereocenters. The third-order valence-corrected chi connectivity index (χ3v) is 3.44. The molecule has 1 N–H and O–H groups in total. The van der Waals surface area contributed by atoms with Gasteiger partial charge in [-0.2, -0.15) is 0 Å². The number of hydrogen-bond acceptors (Lipinski definition) is 2. The second-order valence-electron chi connectivity index (χ2n) is 3.58. The molecule has 0 bridgehead atoms. The fourth-order valence-corrected chi connectivity index (χ4v) is 2.50. The number of H-pyrrole nitrogens is 1. The molecule has 0 spiro atoms. The molecule has 2 aromatic heterocycles. The highest BCUT2D eigenvalue weighted by atomic mass is 32.1. The van der Waals surface area contributed by atoms with E-state index in [2.05, 4.69) is 4.98 Å². The van der Waals surface area contributed by atoms with Gasteiger partial charge in [-0.3, -0.25) is 4.79 Å². The molecule has 0 fully saturated rings. The summed E-state index contributed by atoms with van der Waals surface area (Å²) in [6, 6.07) is 13.7. The number of fused-ring (bicyclic) bond motifs is 1. The zero-order valence-corrected chi connectivity index (χ0v) is 9.25. The molecule has 3 rings (SSSR count). The Morgan fingerprint density at radius 2 is 1.94 bits per heavy atom. The van der Waals surface area contributed by atoms with Crippen LogP contribution in [0.2, 0.25) is 0 Å². The van der Waals surface area contributed by atoms with E-state index in [4.69, 9.17) is 0 Å². The first-order chi connectivity index (χ1) is 7.84. The van der Waals surface area contributed by atoms with Crippen LogP contribution in [-0.2, 0) is 0 Å². The lowest BCUT2D eigenvalue weighted by atomic mass is 10.1. The third kappa shape index (κ3) is 1.46.